The van der Waals surface area contributed by atoms with Crippen molar-refractivity contribution < 1.29 is 22.7 Å². The van der Waals surface area contributed by atoms with Crippen LogP contribution in [0, 0.1) is 0 Å². The number of alkyl halides is 3. The fraction of sp³-hybridized carbons (Fsp3) is 0.455. The van der Waals surface area contributed by atoms with Crippen LogP contribution in [0.25, 0.3) is 0 Å². The van der Waals surface area contributed by atoms with Gasteiger partial charge in [-0.2, -0.15) is 13.2 Å². The molecule has 5 nitrogen and oxygen atoms in total. The van der Waals surface area contributed by atoms with Gasteiger partial charge in [-0.3, -0.25) is 0 Å². The highest BCUT2D eigenvalue weighted by atomic mass is 19.4. The first kappa shape index (κ1) is 15.1. The van der Waals surface area contributed by atoms with Crippen molar-refractivity contribution in [3.63, 3.8) is 0 Å². The van der Waals surface area contributed by atoms with Gasteiger partial charge < -0.3 is 15.4 Å². The van der Waals surface area contributed by atoms with Crippen molar-refractivity contribution in [1.29, 1.82) is 0 Å². The van der Waals surface area contributed by atoms with Gasteiger partial charge in [-0.15, -0.1) is 0 Å². The van der Waals surface area contributed by atoms with E-state index in [4.69, 9.17) is 5.73 Å². The van der Waals surface area contributed by atoms with E-state index in [2.05, 4.69) is 9.72 Å². The number of aromatic nitrogens is 1. The van der Waals surface area contributed by atoms with E-state index in [0.717, 1.165) is 0 Å². The van der Waals surface area contributed by atoms with E-state index in [1.165, 1.54) is 31.3 Å². The molecule has 0 saturated carbocycles. The molecule has 2 N–H and O–H groups in total. The molecule has 0 amide bonds. The number of anilines is 2. The number of carbonyl (C=O) groups is 1. The Labute approximate surface area is 108 Å². The molecule has 19 heavy (non-hydrogen) atoms. The second-order valence-electron chi connectivity index (χ2n) is 3.92. The number of nitrogens with two attached hydrogens (primary N) is 1. The SMILES string of the molecule is COC(=O)c1cc(N)cnc1N(C)CCC(F)(F)F. The second-order valence-corrected chi connectivity index (χ2v) is 3.92. The van der Waals surface area contributed by atoms with Crippen molar-refractivity contribution >= 4 is 17.5 Å². The first-order valence-corrected chi connectivity index (χ1v) is 5.36. The predicted octanol–water partition coefficient (Wildman–Crippen LogP) is 1.84. The molecule has 1 heterocycles. The molecule has 0 saturated heterocycles. The van der Waals surface area contributed by atoms with E-state index >= 15 is 0 Å². The molecule has 0 bridgehead atoms. The van der Waals surface area contributed by atoms with Crippen molar-refractivity contribution in [1.82, 2.24) is 4.98 Å². The van der Waals surface area contributed by atoms with E-state index in [-0.39, 0.29) is 23.6 Å². The third kappa shape index (κ3) is 4.31. The molecule has 0 aromatic carbocycles. The summed E-state index contributed by atoms with van der Waals surface area (Å²) >= 11 is 0. The zero-order chi connectivity index (χ0) is 14.6. The summed E-state index contributed by atoms with van der Waals surface area (Å²) in [6.45, 7) is -0.315. The van der Waals surface area contributed by atoms with Gasteiger partial charge in [-0.1, -0.05) is 0 Å². The number of carbonyl (C=O) groups excluding carboxylic acids is 1. The fourth-order valence-electron chi connectivity index (χ4n) is 1.44. The summed E-state index contributed by atoms with van der Waals surface area (Å²) in [5.74, 6) is -0.598. The van der Waals surface area contributed by atoms with Crippen LogP contribution in [-0.4, -0.2) is 37.8 Å². The number of halogens is 3. The molecule has 0 spiro atoms. The monoisotopic (exact) mass is 277 g/mol. The minimum atomic E-state index is -4.27. The van der Waals surface area contributed by atoms with Gasteiger partial charge in [0.1, 0.15) is 11.4 Å². The van der Waals surface area contributed by atoms with Gasteiger partial charge in [0.05, 0.1) is 25.4 Å². The Morgan fingerprint density at radius 2 is 2.16 bits per heavy atom. The molecule has 106 valence electrons. The van der Waals surface area contributed by atoms with Crippen molar-refractivity contribution in [2.24, 2.45) is 0 Å². The normalized spacial score (nSPS) is 11.2. The Balaban J connectivity index is 2.96. The maximum Gasteiger partial charge on any atom is 0.390 e. The highest BCUT2D eigenvalue weighted by Crippen LogP contribution is 2.24. The molecule has 0 aliphatic carbocycles. The molecule has 1 aromatic heterocycles. The van der Waals surface area contributed by atoms with E-state index in [9.17, 15) is 18.0 Å². The Morgan fingerprint density at radius 1 is 1.53 bits per heavy atom. The van der Waals surface area contributed by atoms with Crippen LogP contribution in [-0.2, 0) is 4.74 Å². The van der Waals surface area contributed by atoms with Gasteiger partial charge >= 0.3 is 12.1 Å². The van der Waals surface area contributed by atoms with E-state index in [0.29, 0.717) is 0 Å². The fourth-order valence-corrected chi connectivity index (χ4v) is 1.44. The van der Waals surface area contributed by atoms with Crippen molar-refractivity contribution in [3.05, 3.63) is 17.8 Å². The highest BCUT2D eigenvalue weighted by molar-refractivity contribution is 5.95. The minimum Gasteiger partial charge on any atom is -0.465 e. The van der Waals surface area contributed by atoms with Crippen molar-refractivity contribution in [3.8, 4) is 0 Å². The molecule has 0 fully saturated rings. The van der Waals surface area contributed by atoms with Gasteiger partial charge in [0.2, 0.25) is 0 Å². The molecular weight excluding hydrogens is 263 g/mol. The lowest BCUT2D eigenvalue weighted by Gasteiger charge is -2.21. The summed E-state index contributed by atoms with van der Waals surface area (Å²) in [5, 5.41) is 0. The maximum absolute atomic E-state index is 12.2. The zero-order valence-electron chi connectivity index (χ0n) is 10.5. The maximum atomic E-state index is 12.2. The standard InChI is InChI=1S/C11H14F3N3O2/c1-17(4-3-11(12,13)14)9-8(10(18)19-2)5-7(15)6-16-9/h5-6H,3-4,15H2,1-2H3. The van der Waals surface area contributed by atoms with E-state index in [1.54, 1.807) is 0 Å². The molecule has 0 unspecified atom stereocenters. The average molecular weight is 277 g/mol. The van der Waals surface area contributed by atoms with Gasteiger partial charge in [0.15, 0.2) is 0 Å². The van der Waals surface area contributed by atoms with E-state index in [1.807, 2.05) is 0 Å². The summed E-state index contributed by atoms with van der Waals surface area (Å²) in [5.41, 5.74) is 5.76. The van der Waals surface area contributed by atoms with Crippen molar-refractivity contribution in [2.75, 3.05) is 31.3 Å². The lowest BCUT2D eigenvalue weighted by atomic mass is 10.2. The number of methoxy groups -OCH3 is 1. The number of nitrogens with zero attached hydrogens (tertiary/aromatic N) is 2. The number of esters is 1. The molecule has 1 rings (SSSR count). The Kier molecular flexibility index (Phi) is 4.57. The van der Waals surface area contributed by atoms with Crippen LogP contribution in [0.2, 0.25) is 0 Å². The predicted molar refractivity (Wildman–Crippen MR) is 63.9 cm³/mol. The molecule has 1 aromatic rings. The number of nitrogen functional groups attached to an aromatic ring is 1. The van der Waals surface area contributed by atoms with Crippen LogP contribution in [0.5, 0.6) is 0 Å². The number of hydrogen-bond acceptors (Lipinski definition) is 5. The lowest BCUT2D eigenvalue weighted by molar-refractivity contribution is -0.132. The molecule has 8 heteroatoms. The largest absolute Gasteiger partial charge is 0.465 e. The van der Waals surface area contributed by atoms with Gasteiger partial charge in [0.25, 0.3) is 0 Å². The first-order valence-electron chi connectivity index (χ1n) is 5.36. The Morgan fingerprint density at radius 3 is 2.68 bits per heavy atom. The molecule has 0 aliphatic heterocycles. The molecule has 0 atom stereocenters. The average Bonchev–Trinajstić information content (AvgIpc) is 2.34. The van der Waals surface area contributed by atoms with Crippen molar-refractivity contribution in [2.45, 2.75) is 12.6 Å². The van der Waals surface area contributed by atoms with Gasteiger partial charge in [-0.05, 0) is 6.07 Å². The number of ether oxygens (including phenoxy) is 1. The summed E-state index contributed by atoms with van der Waals surface area (Å²) in [4.78, 5) is 16.6. The quantitative estimate of drug-likeness (QED) is 0.850. The summed E-state index contributed by atoms with van der Waals surface area (Å²) in [6.07, 6.45) is -4.00. The lowest BCUT2D eigenvalue weighted by Crippen LogP contribution is -2.26. The zero-order valence-corrected chi connectivity index (χ0v) is 10.5. The van der Waals surface area contributed by atoms with Gasteiger partial charge in [0, 0.05) is 13.6 Å². The van der Waals surface area contributed by atoms with Crippen LogP contribution in [0.4, 0.5) is 24.7 Å². The minimum absolute atomic E-state index is 0.0344. The Bertz CT molecular complexity index is 463. The van der Waals surface area contributed by atoms with Crippen LogP contribution >= 0.6 is 0 Å². The summed E-state index contributed by atoms with van der Waals surface area (Å²) < 4.78 is 41.0. The van der Waals surface area contributed by atoms with Crippen LogP contribution < -0.4 is 10.6 Å². The smallest absolute Gasteiger partial charge is 0.390 e. The third-order valence-electron chi connectivity index (χ3n) is 2.39. The van der Waals surface area contributed by atoms with E-state index < -0.39 is 18.6 Å². The summed E-state index contributed by atoms with van der Waals surface area (Å²) in [6, 6.07) is 1.32. The van der Waals surface area contributed by atoms with Crippen LogP contribution in [0.1, 0.15) is 16.8 Å². The molecule has 0 aliphatic rings. The topological polar surface area (TPSA) is 68.5 Å². The number of rotatable bonds is 4. The van der Waals surface area contributed by atoms with Crippen LogP contribution in [0.15, 0.2) is 12.3 Å². The molecular formula is C11H14F3N3O2. The Hall–Kier alpha value is -1.99. The second kappa shape index (κ2) is 5.77. The van der Waals surface area contributed by atoms with Crippen LogP contribution in [0.3, 0.4) is 0 Å². The number of hydrogen-bond donors (Lipinski definition) is 1. The highest BCUT2D eigenvalue weighted by Gasteiger charge is 2.28. The third-order valence-corrected chi connectivity index (χ3v) is 2.39. The van der Waals surface area contributed by atoms with Gasteiger partial charge in [-0.25, -0.2) is 9.78 Å². The molecule has 0 radical (unpaired) electrons. The summed E-state index contributed by atoms with van der Waals surface area (Å²) in [7, 11) is 2.59. The first-order chi connectivity index (χ1) is 8.74. The number of pyridine rings is 1.